The number of para-hydroxylation sites is 1. The Labute approximate surface area is 171 Å². The molecule has 1 aliphatic rings. The number of ether oxygens (including phenoxy) is 1. The zero-order valence-electron chi connectivity index (χ0n) is 17.3. The third kappa shape index (κ3) is 4.25. The number of carbonyl (C=O) groups excluding carboxylic acids is 1. The number of fused-ring (bicyclic) bond motifs is 1. The number of amides is 1. The lowest BCUT2D eigenvalue weighted by molar-refractivity contribution is 0.0666. The summed E-state index contributed by atoms with van der Waals surface area (Å²) in [6, 6.07) is 17.7. The van der Waals surface area contributed by atoms with E-state index < -0.39 is 0 Å². The van der Waals surface area contributed by atoms with Gasteiger partial charge in [0.05, 0.1) is 22.9 Å². The summed E-state index contributed by atoms with van der Waals surface area (Å²) in [5.41, 5.74) is 3.33. The molecule has 4 rings (SSSR count). The minimum Gasteiger partial charge on any atom is -0.491 e. The predicted molar refractivity (Wildman–Crippen MR) is 116 cm³/mol. The second kappa shape index (κ2) is 8.21. The van der Waals surface area contributed by atoms with Crippen molar-refractivity contribution in [3.63, 3.8) is 0 Å². The molecule has 1 fully saturated rings. The van der Waals surface area contributed by atoms with Gasteiger partial charge in [-0.1, -0.05) is 18.2 Å². The normalized spacial score (nSPS) is 15.1. The van der Waals surface area contributed by atoms with Crippen LogP contribution >= 0.6 is 0 Å². The lowest BCUT2D eigenvalue weighted by Crippen LogP contribution is -2.47. The van der Waals surface area contributed by atoms with E-state index in [-0.39, 0.29) is 12.0 Å². The number of piperazine rings is 1. The second-order valence-corrected chi connectivity index (χ2v) is 7.86. The summed E-state index contributed by atoms with van der Waals surface area (Å²) in [5.74, 6) is 0.913. The van der Waals surface area contributed by atoms with Crippen molar-refractivity contribution in [2.24, 2.45) is 0 Å². The van der Waals surface area contributed by atoms with E-state index in [4.69, 9.17) is 9.72 Å². The van der Waals surface area contributed by atoms with E-state index in [9.17, 15) is 4.79 Å². The molecule has 5 heteroatoms. The summed E-state index contributed by atoms with van der Waals surface area (Å²) in [5, 5.41) is 0.903. The van der Waals surface area contributed by atoms with Crippen LogP contribution in [-0.2, 0) is 0 Å². The fourth-order valence-corrected chi connectivity index (χ4v) is 3.66. The number of aromatic nitrogens is 1. The number of hydrogen-bond donors (Lipinski definition) is 0. The standard InChI is InChI=1S/C24H27N3O2/c1-17(2)29-19-10-8-18(9-11-19)23-16-21(20-6-4-5-7-22(20)25-23)24(28)27-14-12-26(3)13-15-27/h4-11,16-17H,12-15H2,1-3H3. The van der Waals surface area contributed by atoms with Crippen molar-refractivity contribution in [3.8, 4) is 17.0 Å². The van der Waals surface area contributed by atoms with Gasteiger partial charge in [-0.3, -0.25) is 4.79 Å². The Balaban J connectivity index is 1.72. The summed E-state index contributed by atoms with van der Waals surface area (Å²) >= 11 is 0. The Kier molecular flexibility index (Phi) is 5.49. The largest absolute Gasteiger partial charge is 0.491 e. The van der Waals surface area contributed by atoms with Crippen molar-refractivity contribution in [1.82, 2.24) is 14.8 Å². The van der Waals surface area contributed by atoms with Gasteiger partial charge in [0.2, 0.25) is 0 Å². The Morgan fingerprint density at radius 1 is 1.00 bits per heavy atom. The minimum atomic E-state index is 0.0812. The molecule has 0 aliphatic carbocycles. The fraction of sp³-hybridized carbons (Fsp3) is 0.333. The van der Waals surface area contributed by atoms with E-state index in [2.05, 4.69) is 11.9 Å². The summed E-state index contributed by atoms with van der Waals surface area (Å²) < 4.78 is 5.74. The molecule has 2 heterocycles. The smallest absolute Gasteiger partial charge is 0.254 e. The lowest BCUT2D eigenvalue weighted by Gasteiger charge is -2.32. The van der Waals surface area contributed by atoms with Crippen molar-refractivity contribution in [1.29, 1.82) is 0 Å². The maximum absolute atomic E-state index is 13.3. The maximum Gasteiger partial charge on any atom is 0.254 e. The van der Waals surface area contributed by atoms with Crippen LogP contribution in [0.25, 0.3) is 22.2 Å². The first-order valence-corrected chi connectivity index (χ1v) is 10.2. The average molecular weight is 389 g/mol. The van der Waals surface area contributed by atoms with Gasteiger partial charge >= 0.3 is 0 Å². The van der Waals surface area contributed by atoms with Crippen LogP contribution in [-0.4, -0.2) is 60.0 Å². The molecular formula is C24H27N3O2. The molecule has 0 unspecified atom stereocenters. The fourth-order valence-electron chi connectivity index (χ4n) is 3.66. The molecule has 5 nitrogen and oxygen atoms in total. The van der Waals surface area contributed by atoms with E-state index in [0.717, 1.165) is 59.7 Å². The van der Waals surface area contributed by atoms with Crippen LogP contribution in [0, 0.1) is 0 Å². The summed E-state index contributed by atoms with van der Waals surface area (Å²) in [6.07, 6.45) is 0.132. The van der Waals surface area contributed by atoms with Crippen molar-refractivity contribution < 1.29 is 9.53 Å². The van der Waals surface area contributed by atoms with Crippen LogP contribution in [0.4, 0.5) is 0 Å². The first-order valence-electron chi connectivity index (χ1n) is 10.2. The number of benzene rings is 2. The Hall–Kier alpha value is -2.92. The lowest BCUT2D eigenvalue weighted by atomic mass is 10.0. The number of rotatable bonds is 4. The van der Waals surface area contributed by atoms with Crippen molar-refractivity contribution in [2.45, 2.75) is 20.0 Å². The topological polar surface area (TPSA) is 45.7 Å². The molecule has 1 amide bonds. The van der Waals surface area contributed by atoms with Crippen molar-refractivity contribution in [3.05, 3.63) is 60.2 Å². The van der Waals surface area contributed by atoms with Crippen LogP contribution in [0.5, 0.6) is 5.75 Å². The third-order valence-corrected chi connectivity index (χ3v) is 5.26. The molecule has 0 N–H and O–H groups in total. The molecule has 1 saturated heterocycles. The Morgan fingerprint density at radius 2 is 1.69 bits per heavy atom. The van der Waals surface area contributed by atoms with Crippen molar-refractivity contribution >= 4 is 16.8 Å². The monoisotopic (exact) mass is 389 g/mol. The molecule has 1 aromatic heterocycles. The maximum atomic E-state index is 13.3. The van der Waals surface area contributed by atoms with Gasteiger partial charge in [-0.25, -0.2) is 4.98 Å². The van der Waals surface area contributed by atoms with Crippen molar-refractivity contribution in [2.75, 3.05) is 33.2 Å². The van der Waals surface area contributed by atoms with E-state index in [1.54, 1.807) is 0 Å². The highest BCUT2D eigenvalue weighted by Gasteiger charge is 2.23. The minimum absolute atomic E-state index is 0.0812. The summed E-state index contributed by atoms with van der Waals surface area (Å²) in [4.78, 5) is 22.4. The highest BCUT2D eigenvalue weighted by Crippen LogP contribution is 2.27. The predicted octanol–water partition coefficient (Wildman–Crippen LogP) is 4.08. The molecular weight excluding hydrogens is 362 g/mol. The summed E-state index contributed by atoms with van der Waals surface area (Å²) in [6.45, 7) is 7.33. The SMILES string of the molecule is CC(C)Oc1ccc(-c2cc(C(=O)N3CCN(C)CC3)c3ccccc3n2)cc1. The van der Waals surface area contributed by atoms with Crippen LogP contribution in [0.1, 0.15) is 24.2 Å². The molecule has 3 aromatic rings. The third-order valence-electron chi connectivity index (χ3n) is 5.26. The van der Waals surface area contributed by atoms with Gasteiger partial charge in [0, 0.05) is 37.1 Å². The van der Waals surface area contributed by atoms with Crippen LogP contribution in [0.2, 0.25) is 0 Å². The molecule has 29 heavy (non-hydrogen) atoms. The Morgan fingerprint density at radius 3 is 2.38 bits per heavy atom. The van der Waals surface area contributed by atoms with Gasteiger partial charge < -0.3 is 14.5 Å². The van der Waals surface area contributed by atoms with Gasteiger partial charge in [0.15, 0.2) is 0 Å². The molecule has 2 aromatic carbocycles. The van der Waals surface area contributed by atoms with Gasteiger partial charge in [-0.2, -0.15) is 0 Å². The van der Waals surface area contributed by atoms with Gasteiger partial charge in [-0.15, -0.1) is 0 Å². The van der Waals surface area contributed by atoms with E-state index in [1.807, 2.05) is 73.3 Å². The number of nitrogens with zero attached hydrogens (tertiary/aromatic N) is 3. The van der Waals surface area contributed by atoms with E-state index in [0.29, 0.717) is 0 Å². The Bertz CT molecular complexity index is 1010. The zero-order valence-corrected chi connectivity index (χ0v) is 17.3. The highest BCUT2D eigenvalue weighted by molar-refractivity contribution is 6.07. The van der Waals surface area contributed by atoms with E-state index in [1.165, 1.54) is 0 Å². The molecule has 0 bridgehead atoms. The van der Waals surface area contributed by atoms with E-state index >= 15 is 0 Å². The molecule has 0 spiro atoms. The highest BCUT2D eigenvalue weighted by atomic mass is 16.5. The number of pyridine rings is 1. The average Bonchev–Trinajstić information content (AvgIpc) is 2.73. The number of carbonyl (C=O) groups is 1. The zero-order chi connectivity index (χ0) is 20.4. The number of hydrogen-bond acceptors (Lipinski definition) is 4. The van der Waals surface area contributed by atoms with Crippen LogP contribution in [0.15, 0.2) is 54.6 Å². The van der Waals surface area contributed by atoms with Crippen LogP contribution in [0.3, 0.4) is 0 Å². The quantitative estimate of drug-likeness (QED) is 0.675. The molecule has 0 radical (unpaired) electrons. The molecule has 0 saturated carbocycles. The number of likely N-dealkylation sites (N-methyl/N-ethyl adjacent to an activating group) is 1. The first-order chi connectivity index (χ1) is 14.0. The van der Waals surface area contributed by atoms with Gasteiger partial charge in [0.25, 0.3) is 5.91 Å². The van der Waals surface area contributed by atoms with Gasteiger partial charge in [0.1, 0.15) is 5.75 Å². The van der Waals surface area contributed by atoms with Crippen LogP contribution < -0.4 is 4.74 Å². The van der Waals surface area contributed by atoms with Gasteiger partial charge in [-0.05, 0) is 57.3 Å². The second-order valence-electron chi connectivity index (χ2n) is 7.86. The molecule has 150 valence electrons. The molecule has 0 atom stereocenters. The molecule has 1 aliphatic heterocycles. The first kappa shape index (κ1) is 19.4. The summed E-state index contributed by atoms with van der Waals surface area (Å²) in [7, 11) is 2.09.